The number of carbonyl (C=O) groups is 1. The van der Waals surface area contributed by atoms with Gasteiger partial charge in [-0.05, 0) is 41.4 Å². The van der Waals surface area contributed by atoms with Gasteiger partial charge in [-0.2, -0.15) is 13.2 Å². The van der Waals surface area contributed by atoms with E-state index in [2.05, 4.69) is 15.9 Å². The second-order valence-electron chi connectivity index (χ2n) is 5.30. The highest BCUT2D eigenvalue weighted by Crippen LogP contribution is 2.39. The smallest absolute Gasteiger partial charge is 0.388 e. The van der Waals surface area contributed by atoms with Gasteiger partial charge in [0.05, 0.1) is 11.2 Å². The summed E-state index contributed by atoms with van der Waals surface area (Å²) < 4.78 is 40.1. The summed E-state index contributed by atoms with van der Waals surface area (Å²) in [5.74, 6) is -0.725. The van der Waals surface area contributed by atoms with Crippen LogP contribution in [-0.2, 0) is 6.54 Å². The maximum atomic E-state index is 13.2. The first-order chi connectivity index (χ1) is 9.03. The largest absolute Gasteiger partial charge is 0.411 e. The molecule has 1 aromatic carbocycles. The summed E-state index contributed by atoms with van der Waals surface area (Å²) >= 11 is 3.17. The highest BCUT2D eigenvalue weighted by molar-refractivity contribution is 9.10. The molecule has 0 saturated carbocycles. The number of hydrogen-bond acceptors (Lipinski definition) is 2. The van der Waals surface area contributed by atoms with Gasteiger partial charge in [-0.25, -0.2) is 0 Å². The molecule has 7 heteroatoms. The van der Waals surface area contributed by atoms with Crippen LogP contribution >= 0.6 is 15.9 Å². The molecule has 1 aliphatic heterocycles. The minimum atomic E-state index is -4.71. The summed E-state index contributed by atoms with van der Waals surface area (Å²) in [5, 5.41) is 9.81. The van der Waals surface area contributed by atoms with Crippen molar-refractivity contribution in [3.05, 3.63) is 33.8 Å². The first-order valence-corrected chi connectivity index (χ1v) is 6.70. The maximum absolute atomic E-state index is 13.2. The maximum Gasteiger partial charge on any atom is 0.411 e. The zero-order valence-corrected chi connectivity index (χ0v) is 12.4. The molecule has 110 valence electrons. The molecule has 0 fully saturated rings. The molecule has 1 unspecified atom stereocenters. The summed E-state index contributed by atoms with van der Waals surface area (Å²) in [5.41, 5.74) is -1.34. The van der Waals surface area contributed by atoms with E-state index in [1.807, 2.05) is 0 Å². The lowest BCUT2D eigenvalue weighted by Gasteiger charge is -2.37. The number of fused-ring (bicyclic) bond motifs is 1. The van der Waals surface area contributed by atoms with Crippen molar-refractivity contribution in [1.29, 1.82) is 0 Å². The molecule has 3 nitrogen and oxygen atoms in total. The van der Waals surface area contributed by atoms with Crippen molar-refractivity contribution >= 4 is 21.8 Å². The Kier molecular flexibility index (Phi) is 3.62. The molecule has 1 atom stereocenters. The fraction of sp³-hybridized carbons (Fsp3) is 0.462. The van der Waals surface area contributed by atoms with Crippen LogP contribution in [0.25, 0.3) is 0 Å². The number of hydrogen-bond donors (Lipinski definition) is 1. The van der Waals surface area contributed by atoms with Crippen LogP contribution < -0.4 is 0 Å². The van der Waals surface area contributed by atoms with Gasteiger partial charge >= 0.3 is 6.18 Å². The van der Waals surface area contributed by atoms with Crippen molar-refractivity contribution in [1.82, 2.24) is 4.90 Å². The quantitative estimate of drug-likeness (QED) is 0.889. The topological polar surface area (TPSA) is 40.5 Å². The molecule has 1 aromatic rings. The Morgan fingerprint density at radius 1 is 1.35 bits per heavy atom. The molecule has 0 spiro atoms. The lowest BCUT2D eigenvalue weighted by molar-refractivity contribution is -0.219. The van der Waals surface area contributed by atoms with E-state index in [1.165, 1.54) is 0 Å². The molecule has 0 saturated heterocycles. The Balaban J connectivity index is 2.46. The van der Waals surface area contributed by atoms with Gasteiger partial charge in [0, 0.05) is 11.0 Å². The zero-order valence-electron chi connectivity index (χ0n) is 10.8. The Morgan fingerprint density at radius 3 is 2.40 bits per heavy atom. The molecular weight excluding hydrogens is 339 g/mol. The Hall–Kier alpha value is -1.08. The number of carbonyl (C=O) groups excluding carboxylic acids is 1. The highest BCUT2D eigenvalue weighted by atomic mass is 79.9. The number of amides is 1. The molecule has 1 N–H and O–H groups in total. The molecule has 1 amide bonds. The van der Waals surface area contributed by atoms with E-state index in [9.17, 15) is 23.1 Å². The van der Waals surface area contributed by atoms with Crippen molar-refractivity contribution in [2.24, 2.45) is 0 Å². The highest BCUT2D eigenvalue weighted by Gasteiger charge is 2.55. The number of nitrogens with zero attached hydrogens (tertiary/aromatic N) is 1. The van der Waals surface area contributed by atoms with Crippen LogP contribution in [0.2, 0.25) is 0 Å². The molecule has 0 aromatic heterocycles. The third-order valence-corrected chi connectivity index (χ3v) is 3.87. The monoisotopic (exact) mass is 351 g/mol. The normalized spacial score (nSPS) is 17.4. The number of halogens is 4. The molecule has 0 aliphatic carbocycles. The Bertz CT molecular complexity index is 538. The lowest BCUT2D eigenvalue weighted by Crippen LogP contribution is -2.57. The van der Waals surface area contributed by atoms with Crippen molar-refractivity contribution < 1.29 is 23.1 Å². The molecule has 0 radical (unpaired) electrons. The fourth-order valence-corrected chi connectivity index (χ4v) is 3.08. The van der Waals surface area contributed by atoms with E-state index in [0.29, 0.717) is 14.9 Å². The summed E-state index contributed by atoms with van der Waals surface area (Å²) in [6.07, 6.45) is -4.71. The predicted molar refractivity (Wildman–Crippen MR) is 70.2 cm³/mol. The van der Waals surface area contributed by atoms with Crippen LogP contribution in [0.1, 0.15) is 29.8 Å². The van der Waals surface area contributed by atoms with E-state index in [-0.39, 0.29) is 12.1 Å². The lowest BCUT2D eigenvalue weighted by atomic mass is 9.97. The third-order valence-electron chi connectivity index (χ3n) is 3.21. The molecule has 0 bridgehead atoms. The van der Waals surface area contributed by atoms with Gasteiger partial charge < -0.3 is 10.0 Å². The Morgan fingerprint density at radius 2 is 1.95 bits per heavy atom. The fourth-order valence-electron chi connectivity index (χ4n) is 2.51. The van der Waals surface area contributed by atoms with Crippen LogP contribution in [0, 0.1) is 0 Å². The van der Waals surface area contributed by atoms with Crippen molar-refractivity contribution in [3.63, 3.8) is 0 Å². The van der Waals surface area contributed by atoms with Crippen molar-refractivity contribution in [2.75, 3.05) is 0 Å². The van der Waals surface area contributed by atoms with E-state index >= 15 is 0 Å². The standard InChI is InChI=1S/C13H13BrF3NO2/c1-12(2,20)11(13(15,16)17)18-6-7-4-3-5-8(14)9(7)10(18)19/h3-5,11,20H,6H2,1-2H3. The van der Waals surface area contributed by atoms with E-state index < -0.39 is 23.7 Å². The van der Waals surface area contributed by atoms with Gasteiger partial charge in [-0.15, -0.1) is 0 Å². The average molecular weight is 352 g/mol. The zero-order chi connectivity index (χ0) is 15.3. The number of rotatable bonds is 2. The van der Waals surface area contributed by atoms with Crippen LogP contribution in [0.15, 0.2) is 22.7 Å². The van der Waals surface area contributed by atoms with Crippen LogP contribution in [-0.4, -0.2) is 33.7 Å². The van der Waals surface area contributed by atoms with Crippen molar-refractivity contribution in [2.45, 2.75) is 38.2 Å². The second-order valence-corrected chi connectivity index (χ2v) is 6.16. The molecular formula is C13H13BrF3NO2. The van der Waals surface area contributed by atoms with Crippen LogP contribution in [0.5, 0.6) is 0 Å². The van der Waals surface area contributed by atoms with E-state index in [1.54, 1.807) is 18.2 Å². The predicted octanol–water partition coefficient (Wildman–Crippen LogP) is 3.11. The van der Waals surface area contributed by atoms with Crippen LogP contribution in [0.3, 0.4) is 0 Å². The third kappa shape index (κ3) is 2.56. The van der Waals surface area contributed by atoms with Gasteiger partial charge in [0.15, 0.2) is 6.04 Å². The molecule has 2 rings (SSSR count). The van der Waals surface area contributed by atoms with E-state index in [0.717, 1.165) is 13.8 Å². The van der Waals surface area contributed by atoms with Crippen molar-refractivity contribution in [3.8, 4) is 0 Å². The summed E-state index contributed by atoms with van der Waals surface area (Å²) in [6, 6.07) is 2.62. The number of benzene rings is 1. The molecule has 20 heavy (non-hydrogen) atoms. The number of aliphatic hydroxyl groups is 1. The van der Waals surface area contributed by atoms with Gasteiger partial charge in [0.1, 0.15) is 0 Å². The summed E-state index contributed by atoms with van der Waals surface area (Å²) in [6.45, 7) is 1.94. The minimum Gasteiger partial charge on any atom is -0.388 e. The van der Waals surface area contributed by atoms with Gasteiger partial charge in [-0.1, -0.05) is 12.1 Å². The second kappa shape index (κ2) is 4.73. The molecule has 1 aliphatic rings. The SMILES string of the molecule is CC(C)(O)C(N1Cc2cccc(Br)c2C1=O)C(F)(F)F. The van der Waals surface area contributed by atoms with Gasteiger partial charge in [0.2, 0.25) is 0 Å². The average Bonchev–Trinajstić information content (AvgIpc) is 2.53. The summed E-state index contributed by atoms with van der Waals surface area (Å²) in [4.78, 5) is 12.9. The molecule has 1 heterocycles. The first kappa shape index (κ1) is 15.3. The first-order valence-electron chi connectivity index (χ1n) is 5.91. The van der Waals surface area contributed by atoms with Gasteiger partial charge in [-0.3, -0.25) is 4.79 Å². The number of alkyl halides is 3. The van der Waals surface area contributed by atoms with Crippen LogP contribution in [0.4, 0.5) is 13.2 Å². The Labute approximate surface area is 122 Å². The minimum absolute atomic E-state index is 0.165. The van der Waals surface area contributed by atoms with E-state index in [4.69, 9.17) is 0 Å². The summed E-state index contributed by atoms with van der Waals surface area (Å²) in [7, 11) is 0. The van der Waals surface area contributed by atoms with Gasteiger partial charge in [0.25, 0.3) is 5.91 Å².